The van der Waals surface area contributed by atoms with Crippen molar-refractivity contribution in [3.8, 4) is 0 Å². The van der Waals surface area contributed by atoms with Gasteiger partial charge in [0.1, 0.15) is 0 Å². The molecule has 0 aliphatic carbocycles. The predicted molar refractivity (Wildman–Crippen MR) is 76.4 cm³/mol. The number of aryl methyl sites for hydroxylation is 3. The lowest BCUT2D eigenvalue weighted by Gasteiger charge is -2.15. The fourth-order valence-electron chi connectivity index (χ4n) is 2.22. The van der Waals surface area contributed by atoms with Crippen molar-refractivity contribution in [3.05, 3.63) is 34.6 Å². The summed E-state index contributed by atoms with van der Waals surface area (Å²) in [6.07, 6.45) is 4.61. The molecule has 0 saturated heterocycles. The van der Waals surface area contributed by atoms with Gasteiger partial charge >= 0.3 is 0 Å². The second-order valence-corrected chi connectivity index (χ2v) is 5.05. The van der Waals surface area contributed by atoms with Gasteiger partial charge in [-0.1, -0.05) is 11.6 Å². The monoisotopic (exact) mass is 281 g/mol. The number of aromatic nitrogens is 4. The van der Waals surface area contributed by atoms with Crippen molar-refractivity contribution in [1.82, 2.24) is 24.6 Å². The summed E-state index contributed by atoms with van der Waals surface area (Å²) < 4.78 is 3.91. The first kappa shape index (κ1) is 14.1. The average Bonchev–Trinajstić information content (AvgIpc) is 2.93. The number of nitrogens with zero attached hydrogens (tertiary/aromatic N) is 4. The highest BCUT2D eigenvalue weighted by Crippen LogP contribution is 2.25. The van der Waals surface area contributed by atoms with E-state index in [0.29, 0.717) is 0 Å². The molecule has 19 heavy (non-hydrogen) atoms. The highest BCUT2D eigenvalue weighted by atomic mass is 35.5. The van der Waals surface area contributed by atoms with Crippen molar-refractivity contribution in [3.63, 3.8) is 0 Å². The van der Waals surface area contributed by atoms with E-state index in [4.69, 9.17) is 11.6 Å². The van der Waals surface area contributed by atoms with Crippen molar-refractivity contribution < 1.29 is 0 Å². The fraction of sp³-hybridized carbons (Fsp3) is 0.538. The van der Waals surface area contributed by atoms with Gasteiger partial charge in [-0.05, 0) is 20.9 Å². The van der Waals surface area contributed by atoms with Gasteiger partial charge in [0.2, 0.25) is 0 Å². The van der Waals surface area contributed by atoms with Crippen LogP contribution in [0.3, 0.4) is 0 Å². The molecule has 0 fully saturated rings. The molecule has 1 unspecified atom stereocenters. The summed E-state index contributed by atoms with van der Waals surface area (Å²) in [7, 11) is 3.91. The van der Waals surface area contributed by atoms with Crippen molar-refractivity contribution >= 4 is 11.6 Å². The van der Waals surface area contributed by atoms with Gasteiger partial charge in [0, 0.05) is 26.2 Å². The van der Waals surface area contributed by atoms with E-state index >= 15 is 0 Å². The van der Waals surface area contributed by atoms with Gasteiger partial charge in [-0.25, -0.2) is 4.98 Å². The number of imidazole rings is 1. The van der Waals surface area contributed by atoms with E-state index in [1.165, 1.54) is 0 Å². The molecule has 2 rings (SSSR count). The lowest BCUT2D eigenvalue weighted by Crippen LogP contribution is -2.21. The van der Waals surface area contributed by atoms with Crippen LogP contribution in [0.2, 0.25) is 5.02 Å². The van der Waals surface area contributed by atoms with Crippen LogP contribution in [0.1, 0.15) is 30.0 Å². The molecule has 0 bridgehead atoms. The van der Waals surface area contributed by atoms with Gasteiger partial charge in [-0.15, -0.1) is 0 Å². The molecule has 0 aliphatic heterocycles. The van der Waals surface area contributed by atoms with E-state index in [-0.39, 0.29) is 6.04 Å². The van der Waals surface area contributed by atoms with E-state index < -0.39 is 0 Å². The molecule has 5 nitrogen and oxygen atoms in total. The van der Waals surface area contributed by atoms with Crippen LogP contribution in [0.15, 0.2) is 12.5 Å². The van der Waals surface area contributed by atoms with Crippen molar-refractivity contribution in [2.75, 3.05) is 7.05 Å². The van der Waals surface area contributed by atoms with Crippen LogP contribution >= 0.6 is 11.6 Å². The Labute approximate surface area is 118 Å². The third-order valence-corrected chi connectivity index (χ3v) is 3.77. The number of halogens is 1. The Kier molecular flexibility index (Phi) is 4.27. The Bertz CT molecular complexity index is 557. The highest BCUT2D eigenvalue weighted by Gasteiger charge is 2.19. The van der Waals surface area contributed by atoms with Gasteiger partial charge < -0.3 is 9.88 Å². The fourth-order valence-corrected chi connectivity index (χ4v) is 2.44. The smallest absolute Gasteiger partial charge is 0.0947 e. The molecule has 1 N–H and O–H groups in total. The lowest BCUT2D eigenvalue weighted by atomic mass is 10.1. The van der Waals surface area contributed by atoms with E-state index in [0.717, 1.165) is 35.1 Å². The molecule has 1 atom stereocenters. The Balaban J connectivity index is 2.28. The SMILES string of the molecule is CCn1nc(C)c(Cl)c1CC(NC)c1cn(C)cn1. The van der Waals surface area contributed by atoms with Crippen LogP contribution in [0, 0.1) is 6.92 Å². The standard InChI is InChI=1S/C13H20ClN5/c1-5-19-12(13(14)9(2)17-19)6-10(15-3)11-7-18(4)8-16-11/h7-8,10,15H,5-6H2,1-4H3. The summed E-state index contributed by atoms with van der Waals surface area (Å²) in [4.78, 5) is 4.40. The average molecular weight is 282 g/mol. The molecule has 2 aromatic heterocycles. The molecule has 2 heterocycles. The summed E-state index contributed by atoms with van der Waals surface area (Å²) in [5, 5.41) is 8.50. The quantitative estimate of drug-likeness (QED) is 0.913. The molecular formula is C13H20ClN5. The Morgan fingerprint density at radius 3 is 2.74 bits per heavy atom. The third-order valence-electron chi connectivity index (χ3n) is 3.28. The van der Waals surface area contributed by atoms with Crippen molar-refractivity contribution in [2.24, 2.45) is 7.05 Å². The van der Waals surface area contributed by atoms with E-state index in [2.05, 4.69) is 22.3 Å². The van der Waals surface area contributed by atoms with Crippen LogP contribution < -0.4 is 5.32 Å². The van der Waals surface area contributed by atoms with Gasteiger partial charge in [-0.3, -0.25) is 4.68 Å². The number of rotatable bonds is 5. The van der Waals surface area contributed by atoms with E-state index in [1.54, 1.807) is 0 Å². The molecule has 0 amide bonds. The van der Waals surface area contributed by atoms with Crippen molar-refractivity contribution in [1.29, 1.82) is 0 Å². The highest BCUT2D eigenvalue weighted by molar-refractivity contribution is 6.31. The van der Waals surface area contributed by atoms with E-state index in [9.17, 15) is 0 Å². The van der Waals surface area contributed by atoms with Crippen molar-refractivity contribution in [2.45, 2.75) is 32.9 Å². The number of hydrogen-bond donors (Lipinski definition) is 1. The van der Waals surface area contributed by atoms with Crippen LogP contribution in [0.25, 0.3) is 0 Å². The van der Waals surface area contributed by atoms with E-state index in [1.807, 2.05) is 42.8 Å². The molecular weight excluding hydrogens is 262 g/mol. The summed E-state index contributed by atoms with van der Waals surface area (Å²) in [5.41, 5.74) is 2.96. The number of nitrogens with one attached hydrogen (secondary N) is 1. The third kappa shape index (κ3) is 2.82. The first-order valence-corrected chi connectivity index (χ1v) is 6.81. The predicted octanol–water partition coefficient (Wildman–Crippen LogP) is 2.10. The lowest BCUT2D eigenvalue weighted by molar-refractivity contribution is 0.533. The largest absolute Gasteiger partial charge is 0.340 e. The molecule has 0 aromatic carbocycles. The zero-order valence-corrected chi connectivity index (χ0v) is 12.6. The second-order valence-electron chi connectivity index (χ2n) is 4.67. The maximum atomic E-state index is 6.35. The molecule has 104 valence electrons. The Morgan fingerprint density at radius 1 is 1.47 bits per heavy atom. The Hall–Kier alpha value is -1.33. The zero-order chi connectivity index (χ0) is 14.0. The molecule has 0 aliphatic rings. The van der Waals surface area contributed by atoms with Gasteiger partial charge in [0.15, 0.2) is 0 Å². The summed E-state index contributed by atoms with van der Waals surface area (Å²) in [6, 6.07) is 0.139. The summed E-state index contributed by atoms with van der Waals surface area (Å²) in [6.45, 7) is 4.83. The minimum atomic E-state index is 0.139. The minimum absolute atomic E-state index is 0.139. The van der Waals surface area contributed by atoms with Crippen LogP contribution in [0.5, 0.6) is 0 Å². The summed E-state index contributed by atoms with van der Waals surface area (Å²) >= 11 is 6.35. The first-order chi connectivity index (χ1) is 9.06. The number of hydrogen-bond acceptors (Lipinski definition) is 3. The maximum Gasteiger partial charge on any atom is 0.0947 e. The van der Waals surface area contributed by atoms with Gasteiger partial charge in [-0.2, -0.15) is 5.10 Å². The van der Waals surface area contributed by atoms with Crippen LogP contribution in [-0.2, 0) is 20.0 Å². The van der Waals surface area contributed by atoms with Crippen LogP contribution in [-0.4, -0.2) is 26.4 Å². The normalized spacial score (nSPS) is 12.9. The number of likely N-dealkylation sites (N-methyl/N-ethyl adjacent to an activating group) is 1. The second kappa shape index (κ2) is 5.75. The van der Waals surface area contributed by atoms with Crippen LogP contribution in [0.4, 0.5) is 0 Å². The Morgan fingerprint density at radius 2 is 2.21 bits per heavy atom. The minimum Gasteiger partial charge on any atom is -0.340 e. The molecule has 2 aromatic rings. The zero-order valence-electron chi connectivity index (χ0n) is 11.8. The van der Waals surface area contributed by atoms with Gasteiger partial charge in [0.25, 0.3) is 0 Å². The molecule has 0 saturated carbocycles. The maximum absolute atomic E-state index is 6.35. The summed E-state index contributed by atoms with van der Waals surface area (Å²) in [5.74, 6) is 0. The molecule has 6 heteroatoms. The topological polar surface area (TPSA) is 47.7 Å². The molecule has 0 spiro atoms. The first-order valence-electron chi connectivity index (χ1n) is 6.43. The van der Waals surface area contributed by atoms with Gasteiger partial charge in [0.05, 0.1) is 34.5 Å². The molecule has 0 radical (unpaired) electrons.